The van der Waals surface area contributed by atoms with Crippen molar-refractivity contribution in [2.45, 2.75) is 38.8 Å². The van der Waals surface area contributed by atoms with E-state index in [1.54, 1.807) is 6.92 Å². The smallest absolute Gasteiger partial charge is 0.111 e. The standard InChI is InChI=1S/C9H15N3O/c1-7(13)9-6-12(11-10-9)5-8-3-2-4-8/h6-8,13H,2-5H2,1H3. The van der Waals surface area contributed by atoms with Crippen LogP contribution in [0.1, 0.15) is 38.0 Å². The normalized spacial score (nSPS) is 19.8. The van der Waals surface area contributed by atoms with Crippen molar-refractivity contribution in [2.75, 3.05) is 0 Å². The zero-order chi connectivity index (χ0) is 9.26. The Labute approximate surface area is 77.6 Å². The summed E-state index contributed by atoms with van der Waals surface area (Å²) in [6.07, 6.45) is 5.30. The maximum absolute atomic E-state index is 9.23. The molecule has 0 spiro atoms. The summed E-state index contributed by atoms with van der Waals surface area (Å²) in [5.41, 5.74) is 0.666. The molecule has 1 fully saturated rings. The van der Waals surface area contributed by atoms with E-state index < -0.39 is 6.10 Å². The van der Waals surface area contributed by atoms with Crippen LogP contribution >= 0.6 is 0 Å². The molecule has 1 saturated carbocycles. The minimum Gasteiger partial charge on any atom is -0.387 e. The molecule has 0 aromatic carbocycles. The van der Waals surface area contributed by atoms with Gasteiger partial charge in [-0.05, 0) is 25.7 Å². The maximum Gasteiger partial charge on any atom is 0.111 e. The Hall–Kier alpha value is -0.900. The van der Waals surface area contributed by atoms with Crippen LogP contribution in [-0.4, -0.2) is 20.1 Å². The molecule has 0 bridgehead atoms. The van der Waals surface area contributed by atoms with E-state index in [1.807, 2.05) is 10.9 Å². The lowest BCUT2D eigenvalue weighted by Crippen LogP contribution is -2.18. The first kappa shape index (κ1) is 8.69. The van der Waals surface area contributed by atoms with Crippen LogP contribution in [0.2, 0.25) is 0 Å². The molecule has 1 atom stereocenters. The van der Waals surface area contributed by atoms with E-state index in [0.717, 1.165) is 12.5 Å². The fourth-order valence-electron chi connectivity index (χ4n) is 1.53. The molecule has 0 saturated heterocycles. The van der Waals surface area contributed by atoms with Gasteiger partial charge in [-0.15, -0.1) is 5.10 Å². The van der Waals surface area contributed by atoms with Crippen molar-refractivity contribution in [3.05, 3.63) is 11.9 Å². The van der Waals surface area contributed by atoms with Gasteiger partial charge >= 0.3 is 0 Å². The predicted octanol–water partition coefficient (Wildman–Crippen LogP) is 1.13. The Morgan fingerprint density at radius 2 is 2.46 bits per heavy atom. The van der Waals surface area contributed by atoms with Crippen LogP contribution in [0, 0.1) is 5.92 Å². The Morgan fingerprint density at radius 3 is 2.92 bits per heavy atom. The third kappa shape index (κ3) is 1.88. The fourth-order valence-corrected chi connectivity index (χ4v) is 1.53. The highest BCUT2D eigenvalue weighted by molar-refractivity contribution is 4.95. The van der Waals surface area contributed by atoms with Gasteiger partial charge < -0.3 is 5.11 Å². The number of hydrogen-bond acceptors (Lipinski definition) is 3. The van der Waals surface area contributed by atoms with Gasteiger partial charge in [-0.2, -0.15) is 0 Å². The van der Waals surface area contributed by atoms with Crippen molar-refractivity contribution in [2.24, 2.45) is 5.92 Å². The molecule has 13 heavy (non-hydrogen) atoms. The Bertz CT molecular complexity index is 278. The lowest BCUT2D eigenvalue weighted by molar-refractivity contribution is 0.194. The highest BCUT2D eigenvalue weighted by Gasteiger charge is 2.18. The molecule has 0 aliphatic heterocycles. The molecule has 1 N–H and O–H groups in total. The highest BCUT2D eigenvalue weighted by Crippen LogP contribution is 2.27. The molecule has 0 amide bonds. The number of nitrogens with zero attached hydrogens (tertiary/aromatic N) is 3. The first-order valence-corrected chi connectivity index (χ1v) is 4.84. The average molecular weight is 181 g/mol. The number of aromatic nitrogens is 3. The van der Waals surface area contributed by atoms with Crippen LogP contribution in [-0.2, 0) is 6.54 Å². The van der Waals surface area contributed by atoms with Gasteiger partial charge in [0.2, 0.25) is 0 Å². The van der Waals surface area contributed by atoms with Crippen LogP contribution in [0.15, 0.2) is 6.20 Å². The summed E-state index contributed by atoms with van der Waals surface area (Å²) >= 11 is 0. The molecule has 1 unspecified atom stereocenters. The van der Waals surface area contributed by atoms with Gasteiger partial charge in [0.25, 0.3) is 0 Å². The molecule has 0 radical (unpaired) electrons. The van der Waals surface area contributed by atoms with Crippen molar-refractivity contribution in [1.29, 1.82) is 0 Å². The Kier molecular flexibility index (Phi) is 2.31. The summed E-state index contributed by atoms with van der Waals surface area (Å²) in [5.74, 6) is 0.781. The van der Waals surface area contributed by atoms with Crippen molar-refractivity contribution >= 4 is 0 Å². The predicted molar refractivity (Wildman–Crippen MR) is 48.0 cm³/mol. The molecule has 72 valence electrons. The van der Waals surface area contributed by atoms with E-state index in [0.29, 0.717) is 5.69 Å². The molecular weight excluding hydrogens is 166 g/mol. The van der Waals surface area contributed by atoms with Gasteiger partial charge in [0.15, 0.2) is 0 Å². The lowest BCUT2D eigenvalue weighted by Gasteiger charge is -2.24. The van der Waals surface area contributed by atoms with E-state index in [9.17, 15) is 5.11 Å². The lowest BCUT2D eigenvalue weighted by atomic mass is 9.85. The van der Waals surface area contributed by atoms with E-state index in [2.05, 4.69) is 10.3 Å². The molecule has 4 heteroatoms. The van der Waals surface area contributed by atoms with E-state index >= 15 is 0 Å². The number of hydrogen-bond donors (Lipinski definition) is 1. The van der Waals surface area contributed by atoms with Crippen LogP contribution in [0.3, 0.4) is 0 Å². The zero-order valence-corrected chi connectivity index (χ0v) is 7.85. The Balaban J connectivity index is 1.96. The van der Waals surface area contributed by atoms with Crippen LogP contribution in [0.5, 0.6) is 0 Å². The Morgan fingerprint density at radius 1 is 1.69 bits per heavy atom. The number of aliphatic hydroxyl groups excluding tert-OH is 1. The summed E-state index contributed by atoms with van der Waals surface area (Å²) < 4.78 is 1.84. The van der Waals surface area contributed by atoms with Gasteiger partial charge in [-0.1, -0.05) is 11.6 Å². The summed E-state index contributed by atoms with van der Waals surface area (Å²) in [6.45, 7) is 2.66. The second kappa shape index (κ2) is 3.46. The third-order valence-corrected chi connectivity index (χ3v) is 2.65. The topological polar surface area (TPSA) is 50.9 Å². The van der Waals surface area contributed by atoms with E-state index in [4.69, 9.17) is 0 Å². The van der Waals surface area contributed by atoms with Crippen molar-refractivity contribution in [1.82, 2.24) is 15.0 Å². The molecule has 1 aliphatic carbocycles. The van der Waals surface area contributed by atoms with E-state index in [1.165, 1.54) is 19.3 Å². The largest absolute Gasteiger partial charge is 0.387 e. The van der Waals surface area contributed by atoms with Gasteiger partial charge in [-0.25, -0.2) is 0 Å². The highest BCUT2D eigenvalue weighted by atomic mass is 16.3. The quantitative estimate of drug-likeness (QED) is 0.760. The molecule has 1 aliphatic rings. The first-order valence-electron chi connectivity index (χ1n) is 4.84. The van der Waals surface area contributed by atoms with Crippen LogP contribution < -0.4 is 0 Å². The van der Waals surface area contributed by atoms with Gasteiger partial charge in [0, 0.05) is 6.54 Å². The molecule has 4 nitrogen and oxygen atoms in total. The number of aliphatic hydroxyl groups is 1. The minimum absolute atomic E-state index is 0.504. The molecule has 2 rings (SSSR count). The van der Waals surface area contributed by atoms with Crippen molar-refractivity contribution < 1.29 is 5.11 Å². The summed E-state index contributed by atoms with van der Waals surface area (Å²) in [4.78, 5) is 0. The van der Waals surface area contributed by atoms with E-state index in [-0.39, 0.29) is 0 Å². The number of rotatable bonds is 3. The zero-order valence-electron chi connectivity index (χ0n) is 7.85. The summed E-state index contributed by atoms with van der Waals surface area (Å²) in [5, 5.41) is 17.1. The minimum atomic E-state index is -0.504. The van der Waals surface area contributed by atoms with Gasteiger partial charge in [-0.3, -0.25) is 4.68 Å². The van der Waals surface area contributed by atoms with Crippen LogP contribution in [0.4, 0.5) is 0 Å². The maximum atomic E-state index is 9.23. The summed E-state index contributed by atoms with van der Waals surface area (Å²) in [7, 11) is 0. The SMILES string of the molecule is CC(O)c1cn(CC2CCC2)nn1. The monoisotopic (exact) mass is 181 g/mol. The van der Waals surface area contributed by atoms with Crippen molar-refractivity contribution in [3.8, 4) is 0 Å². The second-order valence-corrected chi connectivity index (χ2v) is 3.84. The third-order valence-electron chi connectivity index (χ3n) is 2.65. The molecular formula is C9H15N3O. The second-order valence-electron chi connectivity index (χ2n) is 3.84. The molecule has 1 heterocycles. The molecule has 1 aromatic heterocycles. The summed E-state index contributed by atoms with van der Waals surface area (Å²) in [6, 6.07) is 0. The van der Waals surface area contributed by atoms with Crippen molar-refractivity contribution in [3.63, 3.8) is 0 Å². The van der Waals surface area contributed by atoms with Gasteiger partial charge in [0.1, 0.15) is 5.69 Å². The first-order chi connectivity index (χ1) is 6.25. The van der Waals surface area contributed by atoms with Gasteiger partial charge in [0.05, 0.1) is 12.3 Å². The molecule has 1 aromatic rings. The fraction of sp³-hybridized carbons (Fsp3) is 0.778. The van der Waals surface area contributed by atoms with Crippen LogP contribution in [0.25, 0.3) is 0 Å². The average Bonchev–Trinajstić information content (AvgIpc) is 2.44.